The second-order valence-corrected chi connectivity index (χ2v) is 10.6. The lowest BCUT2D eigenvalue weighted by Gasteiger charge is -2.28. The average Bonchev–Trinajstić information content (AvgIpc) is 3.26. The fraction of sp³-hybridized carbons (Fsp3) is 0.208. The van der Waals surface area contributed by atoms with Gasteiger partial charge in [-0.05, 0) is 53.8 Å². The van der Waals surface area contributed by atoms with Crippen molar-refractivity contribution in [2.24, 2.45) is 0 Å². The summed E-state index contributed by atoms with van der Waals surface area (Å²) in [5.74, 6) is -0.446. The normalized spacial score (nSPS) is 15.6. The number of rotatable bonds is 4. The van der Waals surface area contributed by atoms with E-state index < -0.39 is 20.9 Å². The Morgan fingerprint density at radius 3 is 2.44 bits per heavy atom. The molecule has 3 aromatic rings. The summed E-state index contributed by atoms with van der Waals surface area (Å²) in [5.41, 5.74) is 3.38. The van der Waals surface area contributed by atoms with Crippen molar-refractivity contribution in [3.05, 3.63) is 98.1 Å². The van der Waals surface area contributed by atoms with Crippen LogP contribution in [0.2, 0.25) is 5.02 Å². The highest BCUT2D eigenvalue weighted by Crippen LogP contribution is 2.34. The van der Waals surface area contributed by atoms with Gasteiger partial charge in [0.15, 0.2) is 0 Å². The maximum Gasteiger partial charge on any atom is 0.269 e. The van der Waals surface area contributed by atoms with Crippen molar-refractivity contribution in [2.45, 2.75) is 24.3 Å². The minimum atomic E-state index is -3.85. The van der Waals surface area contributed by atoms with Crippen LogP contribution in [0.5, 0.6) is 0 Å². The minimum absolute atomic E-state index is 0.00255. The Kier molecular flexibility index (Phi) is 5.63. The summed E-state index contributed by atoms with van der Waals surface area (Å²) in [6.07, 6.45) is 1.08. The van der Waals surface area contributed by atoms with Crippen LogP contribution >= 0.6 is 11.6 Å². The molecule has 34 heavy (non-hydrogen) atoms. The maximum atomic E-state index is 13.4. The van der Waals surface area contributed by atoms with E-state index in [1.807, 2.05) is 24.3 Å². The van der Waals surface area contributed by atoms with Gasteiger partial charge in [-0.2, -0.15) is 4.31 Å². The first kappa shape index (κ1) is 22.5. The first-order chi connectivity index (χ1) is 16.3. The molecule has 10 heteroatoms. The molecule has 0 spiro atoms. The predicted octanol–water partition coefficient (Wildman–Crippen LogP) is 4.20. The molecule has 0 radical (unpaired) electrons. The number of carbonyl (C=O) groups excluding carboxylic acids is 1. The zero-order chi connectivity index (χ0) is 24.0. The number of nitro groups is 1. The van der Waals surface area contributed by atoms with Gasteiger partial charge in [-0.25, -0.2) is 8.42 Å². The van der Waals surface area contributed by atoms with E-state index in [1.165, 1.54) is 45.6 Å². The molecule has 0 unspecified atom stereocenters. The Labute approximate surface area is 201 Å². The van der Waals surface area contributed by atoms with Crippen molar-refractivity contribution in [3.63, 3.8) is 0 Å². The highest BCUT2D eigenvalue weighted by Gasteiger charge is 2.32. The fourth-order valence-electron chi connectivity index (χ4n) is 4.51. The van der Waals surface area contributed by atoms with Crippen LogP contribution in [-0.2, 0) is 29.4 Å². The molecule has 2 aliphatic heterocycles. The van der Waals surface area contributed by atoms with E-state index in [1.54, 1.807) is 0 Å². The number of hydrogen-bond acceptors (Lipinski definition) is 5. The Morgan fingerprint density at radius 2 is 1.68 bits per heavy atom. The molecule has 0 N–H and O–H groups in total. The lowest BCUT2D eigenvalue weighted by atomic mass is 10.0. The second-order valence-electron chi connectivity index (χ2n) is 8.28. The Hall–Kier alpha value is -3.27. The third kappa shape index (κ3) is 3.85. The van der Waals surface area contributed by atoms with E-state index in [2.05, 4.69) is 0 Å². The SMILES string of the molecule is O=C(c1cc(S(=O)(=O)N2CCc3ccccc3C2)ccc1Cl)N1CCc2cc([N+](=O)[O-])ccc21. The average molecular weight is 498 g/mol. The number of halogens is 1. The topological polar surface area (TPSA) is 101 Å². The van der Waals surface area contributed by atoms with Crippen molar-refractivity contribution >= 4 is 38.9 Å². The molecular formula is C24H20ClN3O5S. The standard InChI is InChI=1S/C24H20ClN3O5S/c25-22-7-6-20(34(32,33)26-11-9-16-3-1-2-4-18(16)15-26)14-21(22)24(29)27-12-10-17-13-19(28(30)31)5-8-23(17)27/h1-8,13-14H,9-12,15H2. The predicted molar refractivity (Wildman–Crippen MR) is 128 cm³/mol. The van der Waals surface area contributed by atoms with Gasteiger partial charge in [0.2, 0.25) is 10.0 Å². The molecule has 0 atom stereocenters. The molecule has 1 amide bonds. The molecule has 0 saturated heterocycles. The van der Waals surface area contributed by atoms with Crippen molar-refractivity contribution in [1.29, 1.82) is 0 Å². The van der Waals surface area contributed by atoms with Gasteiger partial charge in [0.05, 0.1) is 20.4 Å². The van der Waals surface area contributed by atoms with Crippen LogP contribution in [0.15, 0.2) is 65.6 Å². The number of fused-ring (bicyclic) bond motifs is 2. The maximum absolute atomic E-state index is 13.4. The zero-order valence-corrected chi connectivity index (χ0v) is 19.6. The highest BCUT2D eigenvalue weighted by atomic mass is 35.5. The zero-order valence-electron chi connectivity index (χ0n) is 18.0. The molecule has 0 aromatic heterocycles. The van der Waals surface area contributed by atoms with Gasteiger partial charge in [0.1, 0.15) is 0 Å². The second kappa shape index (κ2) is 8.50. The third-order valence-corrected chi connectivity index (χ3v) is 8.49. The molecule has 0 aliphatic carbocycles. The lowest BCUT2D eigenvalue weighted by Crippen LogP contribution is -2.36. The van der Waals surface area contributed by atoms with Crippen molar-refractivity contribution in [2.75, 3.05) is 18.0 Å². The quantitative estimate of drug-likeness (QED) is 0.397. The minimum Gasteiger partial charge on any atom is -0.308 e. The van der Waals surface area contributed by atoms with Gasteiger partial charge in [-0.3, -0.25) is 14.9 Å². The number of nitro benzene ring substituents is 1. The number of benzene rings is 3. The molecule has 0 fully saturated rings. The van der Waals surface area contributed by atoms with Gasteiger partial charge in [-0.1, -0.05) is 35.9 Å². The van der Waals surface area contributed by atoms with Crippen LogP contribution in [0.4, 0.5) is 11.4 Å². The number of anilines is 1. The highest BCUT2D eigenvalue weighted by molar-refractivity contribution is 7.89. The van der Waals surface area contributed by atoms with Crippen molar-refractivity contribution in [3.8, 4) is 0 Å². The molecule has 174 valence electrons. The Bertz CT molecular complexity index is 1440. The number of hydrogen-bond donors (Lipinski definition) is 0. The van der Waals surface area contributed by atoms with Crippen LogP contribution in [-0.4, -0.2) is 36.6 Å². The van der Waals surface area contributed by atoms with Crippen LogP contribution in [0.1, 0.15) is 27.0 Å². The first-order valence-corrected chi connectivity index (χ1v) is 12.5. The largest absolute Gasteiger partial charge is 0.308 e. The van der Waals surface area contributed by atoms with Gasteiger partial charge >= 0.3 is 0 Å². The monoisotopic (exact) mass is 497 g/mol. The first-order valence-electron chi connectivity index (χ1n) is 10.7. The summed E-state index contributed by atoms with van der Waals surface area (Å²) in [7, 11) is -3.85. The van der Waals surface area contributed by atoms with E-state index in [0.29, 0.717) is 37.2 Å². The summed E-state index contributed by atoms with van der Waals surface area (Å²) >= 11 is 6.32. The summed E-state index contributed by atoms with van der Waals surface area (Å²) in [5, 5.41) is 11.2. The third-order valence-electron chi connectivity index (χ3n) is 6.32. The van der Waals surface area contributed by atoms with Gasteiger partial charge in [0, 0.05) is 37.5 Å². The van der Waals surface area contributed by atoms with E-state index >= 15 is 0 Å². The molecular weight excluding hydrogens is 478 g/mol. The van der Waals surface area contributed by atoms with Crippen LogP contribution in [0.25, 0.3) is 0 Å². The lowest BCUT2D eigenvalue weighted by molar-refractivity contribution is -0.384. The van der Waals surface area contributed by atoms with Crippen LogP contribution in [0.3, 0.4) is 0 Å². The summed E-state index contributed by atoms with van der Waals surface area (Å²) < 4.78 is 28.2. The summed E-state index contributed by atoms with van der Waals surface area (Å²) in [6, 6.07) is 16.3. The fourth-order valence-corrected chi connectivity index (χ4v) is 6.15. The van der Waals surface area contributed by atoms with Crippen molar-refractivity contribution < 1.29 is 18.1 Å². The number of non-ortho nitro benzene ring substituents is 1. The van der Waals surface area contributed by atoms with E-state index in [0.717, 1.165) is 11.1 Å². The van der Waals surface area contributed by atoms with Crippen LogP contribution in [0, 0.1) is 10.1 Å². The van der Waals surface area contributed by atoms with E-state index in [4.69, 9.17) is 11.6 Å². The Balaban J connectivity index is 1.45. The number of amides is 1. The summed E-state index contributed by atoms with van der Waals surface area (Å²) in [4.78, 5) is 25.4. The molecule has 0 saturated carbocycles. The molecule has 0 bridgehead atoms. The van der Waals surface area contributed by atoms with Gasteiger partial charge in [0.25, 0.3) is 11.6 Å². The molecule has 5 rings (SSSR count). The molecule has 2 heterocycles. The number of carbonyl (C=O) groups is 1. The smallest absolute Gasteiger partial charge is 0.269 e. The van der Waals surface area contributed by atoms with Gasteiger partial charge in [-0.15, -0.1) is 0 Å². The molecule has 3 aromatic carbocycles. The van der Waals surface area contributed by atoms with E-state index in [9.17, 15) is 23.3 Å². The molecule has 2 aliphatic rings. The van der Waals surface area contributed by atoms with Crippen molar-refractivity contribution in [1.82, 2.24) is 4.31 Å². The van der Waals surface area contributed by atoms with E-state index in [-0.39, 0.29) is 27.7 Å². The number of sulfonamides is 1. The number of nitrogens with zero attached hydrogens (tertiary/aromatic N) is 3. The Morgan fingerprint density at radius 1 is 0.941 bits per heavy atom. The summed E-state index contributed by atoms with van der Waals surface area (Å²) in [6.45, 7) is 0.942. The van der Waals surface area contributed by atoms with Crippen LogP contribution < -0.4 is 4.90 Å². The van der Waals surface area contributed by atoms with Gasteiger partial charge < -0.3 is 4.90 Å². The molecule has 8 nitrogen and oxygen atoms in total.